The van der Waals surface area contributed by atoms with Crippen molar-refractivity contribution in [1.29, 1.82) is 0 Å². The number of carbonyl (C=O) groups excluding carboxylic acids is 1. The van der Waals surface area contributed by atoms with Gasteiger partial charge in [0, 0.05) is 36.7 Å². The number of aryl methyl sites for hydroxylation is 1. The zero-order valence-corrected chi connectivity index (χ0v) is 13.1. The van der Waals surface area contributed by atoms with Gasteiger partial charge in [0.2, 0.25) is 5.91 Å². The number of aliphatic hydroxyl groups is 1. The monoisotopic (exact) mass is 314 g/mol. The summed E-state index contributed by atoms with van der Waals surface area (Å²) in [5.74, 6) is 0.0988. The first-order valence-corrected chi connectivity index (χ1v) is 8.33. The van der Waals surface area contributed by atoms with E-state index in [4.69, 9.17) is 4.74 Å². The van der Waals surface area contributed by atoms with E-state index in [2.05, 4.69) is 11.1 Å². The number of hydrogen-bond donors (Lipinski definition) is 2. The highest BCUT2D eigenvalue weighted by molar-refractivity contribution is 5.84. The fraction of sp³-hybridized carbons (Fsp3) is 0.500. The van der Waals surface area contributed by atoms with Gasteiger partial charge in [0.1, 0.15) is 11.7 Å². The Hall–Kier alpha value is -1.85. The van der Waals surface area contributed by atoms with Gasteiger partial charge in [-0.25, -0.2) is 0 Å². The fourth-order valence-electron chi connectivity index (χ4n) is 3.90. The molecule has 5 heteroatoms. The van der Waals surface area contributed by atoms with Crippen molar-refractivity contribution in [1.82, 2.24) is 9.88 Å². The molecule has 2 N–H and O–H groups in total. The molecular formula is C18H22N2O3. The molecular weight excluding hydrogens is 292 g/mol. The molecule has 0 bridgehead atoms. The predicted octanol–water partition coefficient (Wildman–Crippen LogP) is 1.85. The minimum absolute atomic E-state index is 0.0988. The van der Waals surface area contributed by atoms with Crippen LogP contribution < -0.4 is 0 Å². The average Bonchev–Trinajstić information content (AvgIpc) is 3.26. The summed E-state index contributed by atoms with van der Waals surface area (Å²) >= 11 is 0. The quantitative estimate of drug-likeness (QED) is 0.909. The van der Waals surface area contributed by atoms with Crippen molar-refractivity contribution in [3.63, 3.8) is 0 Å². The molecule has 1 amide bonds. The van der Waals surface area contributed by atoms with Crippen molar-refractivity contribution in [2.45, 2.75) is 37.4 Å². The summed E-state index contributed by atoms with van der Waals surface area (Å²) in [7, 11) is 0. The number of benzene rings is 1. The van der Waals surface area contributed by atoms with Crippen molar-refractivity contribution in [2.24, 2.45) is 0 Å². The molecule has 1 aromatic carbocycles. The van der Waals surface area contributed by atoms with E-state index in [0.717, 1.165) is 18.4 Å². The number of aromatic nitrogens is 1. The number of amides is 1. The number of rotatable bonds is 3. The van der Waals surface area contributed by atoms with Crippen molar-refractivity contribution in [3.05, 3.63) is 36.0 Å². The van der Waals surface area contributed by atoms with Crippen molar-refractivity contribution in [3.8, 4) is 0 Å². The molecule has 1 aromatic heterocycles. The lowest BCUT2D eigenvalue weighted by atomic mass is 9.97. The molecule has 2 saturated heterocycles. The minimum Gasteiger partial charge on any atom is -0.388 e. The second-order valence-electron chi connectivity index (χ2n) is 6.67. The Balaban J connectivity index is 1.41. The molecule has 2 aromatic rings. The second-order valence-corrected chi connectivity index (χ2v) is 6.67. The average molecular weight is 314 g/mol. The van der Waals surface area contributed by atoms with Gasteiger partial charge in [0.25, 0.3) is 0 Å². The first-order valence-electron chi connectivity index (χ1n) is 8.33. The topological polar surface area (TPSA) is 65.6 Å². The van der Waals surface area contributed by atoms with E-state index >= 15 is 0 Å². The van der Waals surface area contributed by atoms with Gasteiger partial charge in [0.15, 0.2) is 0 Å². The summed E-state index contributed by atoms with van der Waals surface area (Å²) in [6.07, 6.45) is 4.42. The van der Waals surface area contributed by atoms with Crippen LogP contribution in [0.15, 0.2) is 30.5 Å². The van der Waals surface area contributed by atoms with Crippen LogP contribution in [0.25, 0.3) is 10.9 Å². The van der Waals surface area contributed by atoms with E-state index < -0.39 is 11.7 Å². The van der Waals surface area contributed by atoms with Gasteiger partial charge < -0.3 is 19.7 Å². The molecule has 2 aliphatic rings. The predicted molar refractivity (Wildman–Crippen MR) is 87.1 cm³/mol. The Morgan fingerprint density at radius 2 is 2.30 bits per heavy atom. The lowest BCUT2D eigenvalue weighted by Gasteiger charge is -2.25. The number of fused-ring (bicyclic) bond motifs is 1. The van der Waals surface area contributed by atoms with E-state index in [1.54, 1.807) is 4.90 Å². The molecule has 5 nitrogen and oxygen atoms in total. The first kappa shape index (κ1) is 14.7. The zero-order chi connectivity index (χ0) is 15.9. The number of aromatic amines is 1. The number of ether oxygens (including phenoxy) is 1. The maximum absolute atomic E-state index is 12.5. The smallest absolute Gasteiger partial charge is 0.223 e. The molecule has 2 fully saturated rings. The van der Waals surface area contributed by atoms with Crippen LogP contribution in [0.2, 0.25) is 0 Å². The van der Waals surface area contributed by atoms with Crippen LogP contribution in [0.5, 0.6) is 0 Å². The zero-order valence-electron chi connectivity index (χ0n) is 13.1. The molecule has 0 unspecified atom stereocenters. The van der Waals surface area contributed by atoms with Gasteiger partial charge in [-0.05, 0) is 30.9 Å². The number of likely N-dealkylation sites (tertiary alicyclic amines) is 1. The Morgan fingerprint density at radius 3 is 3.13 bits per heavy atom. The SMILES string of the molecule is O=C(CCc1c[nH]c2ccccc12)N1C[C@H](O)[C@]2(CCCO2)C1. The highest BCUT2D eigenvalue weighted by atomic mass is 16.5. The lowest BCUT2D eigenvalue weighted by Crippen LogP contribution is -2.41. The Morgan fingerprint density at radius 1 is 1.43 bits per heavy atom. The highest BCUT2D eigenvalue weighted by Crippen LogP contribution is 2.35. The third-order valence-electron chi connectivity index (χ3n) is 5.23. The van der Waals surface area contributed by atoms with Crippen LogP contribution in [0.1, 0.15) is 24.8 Å². The van der Waals surface area contributed by atoms with Crippen LogP contribution in [-0.2, 0) is 16.0 Å². The number of carbonyl (C=O) groups is 1. The standard InChI is InChI=1S/C18H22N2O3/c21-16-11-20(12-18(16)8-3-9-23-18)17(22)7-6-13-10-19-15-5-2-1-4-14(13)15/h1-2,4-5,10,16,19,21H,3,6-9,11-12H2/t16-,18-/m0/s1. The third-order valence-corrected chi connectivity index (χ3v) is 5.23. The normalized spacial score (nSPS) is 27.3. The molecule has 0 radical (unpaired) electrons. The number of H-pyrrole nitrogens is 1. The highest BCUT2D eigenvalue weighted by Gasteiger charge is 2.50. The van der Waals surface area contributed by atoms with Gasteiger partial charge >= 0.3 is 0 Å². The molecule has 4 rings (SSSR count). The molecule has 0 aliphatic carbocycles. The summed E-state index contributed by atoms with van der Waals surface area (Å²) < 4.78 is 5.75. The number of aliphatic hydroxyl groups excluding tert-OH is 1. The van der Waals surface area contributed by atoms with Gasteiger partial charge in [0.05, 0.1) is 6.54 Å². The van der Waals surface area contributed by atoms with Crippen LogP contribution >= 0.6 is 0 Å². The molecule has 2 atom stereocenters. The van der Waals surface area contributed by atoms with E-state index in [-0.39, 0.29) is 5.91 Å². The van der Waals surface area contributed by atoms with E-state index in [0.29, 0.717) is 32.5 Å². The van der Waals surface area contributed by atoms with Gasteiger partial charge in [-0.2, -0.15) is 0 Å². The molecule has 122 valence electrons. The Kier molecular flexibility index (Phi) is 3.62. The number of nitrogens with one attached hydrogen (secondary N) is 1. The maximum Gasteiger partial charge on any atom is 0.223 e. The van der Waals surface area contributed by atoms with Gasteiger partial charge in [-0.15, -0.1) is 0 Å². The second kappa shape index (κ2) is 5.65. The van der Waals surface area contributed by atoms with Gasteiger partial charge in [-0.3, -0.25) is 4.79 Å². The number of nitrogens with zero attached hydrogens (tertiary/aromatic N) is 1. The summed E-state index contributed by atoms with van der Waals surface area (Å²) in [5, 5.41) is 11.4. The molecule has 23 heavy (non-hydrogen) atoms. The third kappa shape index (κ3) is 2.54. The van der Waals surface area contributed by atoms with Crippen molar-refractivity contribution in [2.75, 3.05) is 19.7 Å². The van der Waals surface area contributed by atoms with Crippen LogP contribution in [0.3, 0.4) is 0 Å². The first-order chi connectivity index (χ1) is 11.2. The number of hydrogen-bond acceptors (Lipinski definition) is 3. The molecule has 1 spiro atoms. The number of β-amino-alcohol motifs (C(OH)–C–C–N with tert-alkyl or cyclic N) is 1. The van der Waals surface area contributed by atoms with E-state index in [9.17, 15) is 9.90 Å². The summed E-state index contributed by atoms with van der Waals surface area (Å²) in [6.45, 7) is 1.61. The van der Waals surface area contributed by atoms with Crippen LogP contribution in [-0.4, -0.2) is 52.3 Å². The van der Waals surface area contributed by atoms with E-state index in [1.165, 1.54) is 10.9 Å². The largest absolute Gasteiger partial charge is 0.388 e. The van der Waals surface area contributed by atoms with Crippen molar-refractivity contribution >= 4 is 16.8 Å². The summed E-state index contributed by atoms with van der Waals surface area (Å²) in [5.41, 5.74) is 1.77. The molecule has 2 aliphatic heterocycles. The van der Waals surface area contributed by atoms with Crippen LogP contribution in [0, 0.1) is 0 Å². The van der Waals surface area contributed by atoms with Crippen LogP contribution in [0.4, 0.5) is 0 Å². The minimum atomic E-state index is -0.554. The molecule has 3 heterocycles. The molecule has 0 saturated carbocycles. The van der Waals surface area contributed by atoms with Gasteiger partial charge in [-0.1, -0.05) is 18.2 Å². The Bertz CT molecular complexity index is 718. The number of para-hydroxylation sites is 1. The maximum atomic E-state index is 12.5. The lowest BCUT2D eigenvalue weighted by molar-refractivity contribution is -0.131. The fourth-order valence-corrected chi connectivity index (χ4v) is 3.90. The summed E-state index contributed by atoms with van der Waals surface area (Å²) in [6, 6.07) is 8.13. The van der Waals surface area contributed by atoms with Crippen molar-refractivity contribution < 1.29 is 14.6 Å². The van der Waals surface area contributed by atoms with E-state index in [1.807, 2.05) is 24.4 Å². The Labute approximate surface area is 135 Å². The summed E-state index contributed by atoms with van der Waals surface area (Å²) in [4.78, 5) is 17.5.